The van der Waals surface area contributed by atoms with Crippen LogP contribution in [0, 0.1) is 5.82 Å². The Kier molecular flexibility index (Phi) is 12.5. The quantitative estimate of drug-likeness (QED) is 0.0794. The Morgan fingerprint density at radius 2 is 1.17 bits per heavy atom. The molecule has 0 aliphatic heterocycles. The van der Waals surface area contributed by atoms with E-state index in [4.69, 9.17) is 23.7 Å². The van der Waals surface area contributed by atoms with E-state index in [9.17, 15) is 14.7 Å². The van der Waals surface area contributed by atoms with Gasteiger partial charge in [0.2, 0.25) is 0 Å². The lowest BCUT2D eigenvalue weighted by atomic mass is 10.1. The maximum absolute atomic E-state index is 16.1. The summed E-state index contributed by atoms with van der Waals surface area (Å²) in [6, 6.07) is 25.5. The number of ether oxygens (including phenoxy) is 5. The molecule has 0 spiro atoms. The van der Waals surface area contributed by atoms with E-state index in [0.717, 1.165) is 0 Å². The third kappa shape index (κ3) is 8.81. The van der Waals surface area contributed by atoms with Gasteiger partial charge in [0.05, 0.1) is 73.4 Å². The molecule has 4 heterocycles. The van der Waals surface area contributed by atoms with Crippen LogP contribution in [-0.4, -0.2) is 88.6 Å². The SMILES string of the molecule is COc1cc(OC)cc(N(CCOCOc2cc(OC)c(F)c(N(CCO)c3ccc4ncn(-c5ccncc5)c(=O)c4c3)c2)c2ccc3ncn(-c4ccncc4)c(=O)c3c2)c1. The van der Waals surface area contributed by atoms with Gasteiger partial charge in [-0.2, -0.15) is 0 Å². The van der Waals surface area contributed by atoms with Gasteiger partial charge < -0.3 is 38.6 Å². The van der Waals surface area contributed by atoms with Crippen molar-refractivity contribution in [3.8, 4) is 34.4 Å². The molecule has 8 aromatic rings. The second-order valence-corrected chi connectivity index (χ2v) is 13.9. The highest BCUT2D eigenvalue weighted by atomic mass is 19.1. The van der Waals surface area contributed by atoms with Gasteiger partial charge in [0, 0.05) is 85.3 Å². The standard InChI is InChI=1S/C46H41FN8O8/c1-59-35-20-34(21-36(24-35)60-2)52(32-4-6-40-38(22-32)45(57)54(27-50-40)30-8-12-48-13-9-30)17-19-62-29-63-37-25-42(44(47)43(26-37)61-3)53(16-18-56)33-5-7-41-39(23-33)46(58)55(28-51-41)31-10-14-49-15-11-31/h4-15,20-28,56H,16-19,29H2,1-3H3. The molecule has 0 saturated heterocycles. The van der Waals surface area contributed by atoms with Gasteiger partial charge in [-0.15, -0.1) is 0 Å². The van der Waals surface area contributed by atoms with Crippen molar-refractivity contribution in [1.82, 2.24) is 29.1 Å². The van der Waals surface area contributed by atoms with E-state index in [-0.39, 0.29) is 66.8 Å². The number of aromatic nitrogens is 6. The zero-order valence-electron chi connectivity index (χ0n) is 34.4. The molecule has 320 valence electrons. The summed E-state index contributed by atoms with van der Waals surface area (Å²) in [6.45, 7) is -0.191. The molecule has 17 heteroatoms. The molecule has 0 atom stereocenters. The minimum atomic E-state index is -0.706. The number of methoxy groups -OCH3 is 3. The van der Waals surface area contributed by atoms with E-state index in [1.165, 1.54) is 45.9 Å². The highest BCUT2D eigenvalue weighted by Crippen LogP contribution is 2.38. The third-order valence-corrected chi connectivity index (χ3v) is 10.2. The molecule has 0 amide bonds. The molecule has 0 aliphatic carbocycles. The van der Waals surface area contributed by atoms with Crippen LogP contribution in [0.2, 0.25) is 0 Å². The van der Waals surface area contributed by atoms with Gasteiger partial charge in [-0.1, -0.05) is 0 Å². The topological polar surface area (TPSA) is 168 Å². The zero-order chi connectivity index (χ0) is 43.9. The summed E-state index contributed by atoms with van der Waals surface area (Å²) in [5, 5.41) is 10.8. The molecule has 0 saturated carbocycles. The molecule has 8 rings (SSSR count). The second kappa shape index (κ2) is 18.8. The highest BCUT2D eigenvalue weighted by molar-refractivity contribution is 5.85. The van der Waals surface area contributed by atoms with Crippen molar-refractivity contribution in [2.75, 3.05) is 64.2 Å². The maximum Gasteiger partial charge on any atom is 0.265 e. The minimum Gasteiger partial charge on any atom is -0.497 e. The van der Waals surface area contributed by atoms with Crippen molar-refractivity contribution in [3.63, 3.8) is 0 Å². The number of hydrogen-bond acceptors (Lipinski definition) is 14. The number of hydrogen-bond donors (Lipinski definition) is 1. The zero-order valence-corrected chi connectivity index (χ0v) is 34.4. The van der Waals surface area contributed by atoms with Gasteiger partial charge in [-0.05, 0) is 60.7 Å². The van der Waals surface area contributed by atoms with Crippen LogP contribution in [0.5, 0.6) is 23.0 Å². The fourth-order valence-electron chi connectivity index (χ4n) is 7.09. The molecular formula is C46H41FN8O8. The van der Waals surface area contributed by atoms with Crippen LogP contribution in [0.1, 0.15) is 0 Å². The summed E-state index contributed by atoms with van der Waals surface area (Å²) in [4.78, 5) is 48.0. The number of pyridine rings is 2. The Bertz CT molecular complexity index is 2990. The molecule has 0 aliphatic rings. The first kappa shape index (κ1) is 41.8. The van der Waals surface area contributed by atoms with Crippen LogP contribution < -0.4 is 39.9 Å². The Balaban J connectivity index is 1.05. The molecule has 16 nitrogen and oxygen atoms in total. The van der Waals surface area contributed by atoms with Crippen LogP contribution >= 0.6 is 0 Å². The van der Waals surface area contributed by atoms with Crippen molar-refractivity contribution < 1.29 is 33.2 Å². The number of nitrogens with zero attached hydrogens (tertiary/aromatic N) is 8. The Morgan fingerprint density at radius 3 is 1.70 bits per heavy atom. The predicted molar refractivity (Wildman–Crippen MR) is 235 cm³/mol. The second-order valence-electron chi connectivity index (χ2n) is 13.9. The van der Waals surface area contributed by atoms with E-state index in [2.05, 4.69) is 19.9 Å². The number of aliphatic hydroxyl groups is 1. The summed E-state index contributed by atoms with van der Waals surface area (Å²) < 4.78 is 47.5. The lowest BCUT2D eigenvalue weighted by Crippen LogP contribution is -2.24. The first-order valence-corrected chi connectivity index (χ1v) is 19.6. The van der Waals surface area contributed by atoms with Gasteiger partial charge in [-0.25, -0.2) is 14.4 Å². The number of aliphatic hydroxyl groups excluding tert-OH is 1. The van der Waals surface area contributed by atoms with Crippen molar-refractivity contribution in [1.29, 1.82) is 0 Å². The van der Waals surface area contributed by atoms with Crippen LogP contribution in [0.3, 0.4) is 0 Å². The Morgan fingerprint density at radius 1 is 0.619 bits per heavy atom. The maximum atomic E-state index is 16.1. The van der Waals surface area contributed by atoms with Crippen LogP contribution in [0.25, 0.3) is 33.2 Å². The minimum absolute atomic E-state index is 0.0301. The lowest BCUT2D eigenvalue weighted by molar-refractivity contribution is 0.0193. The summed E-state index contributed by atoms with van der Waals surface area (Å²) >= 11 is 0. The van der Waals surface area contributed by atoms with Gasteiger partial charge >= 0.3 is 0 Å². The molecule has 4 aromatic carbocycles. The monoisotopic (exact) mass is 852 g/mol. The number of anilines is 4. The van der Waals surface area contributed by atoms with E-state index in [1.54, 1.807) is 99.7 Å². The van der Waals surface area contributed by atoms with Crippen LogP contribution in [-0.2, 0) is 4.74 Å². The molecule has 0 unspecified atom stereocenters. The number of halogens is 1. The van der Waals surface area contributed by atoms with Gasteiger partial charge in [0.1, 0.15) is 29.9 Å². The van der Waals surface area contributed by atoms with E-state index >= 15 is 4.39 Å². The Labute approximate surface area is 359 Å². The molecule has 4 aromatic heterocycles. The molecule has 0 fully saturated rings. The predicted octanol–water partition coefficient (Wildman–Crippen LogP) is 6.36. The van der Waals surface area contributed by atoms with Crippen molar-refractivity contribution >= 4 is 44.6 Å². The summed E-state index contributed by atoms with van der Waals surface area (Å²) in [5.41, 5.74) is 3.41. The van der Waals surface area contributed by atoms with Crippen LogP contribution in [0.15, 0.2) is 138 Å². The number of benzene rings is 4. The number of fused-ring (bicyclic) bond motifs is 2. The van der Waals surface area contributed by atoms with E-state index in [1.807, 2.05) is 23.1 Å². The average molecular weight is 853 g/mol. The van der Waals surface area contributed by atoms with Crippen molar-refractivity contribution in [2.24, 2.45) is 0 Å². The Hall–Kier alpha value is -7.89. The molecule has 0 radical (unpaired) electrons. The van der Waals surface area contributed by atoms with Crippen LogP contribution in [0.4, 0.5) is 27.1 Å². The fraction of sp³-hybridized carbons (Fsp3) is 0.174. The normalized spacial score (nSPS) is 11.1. The van der Waals surface area contributed by atoms with E-state index < -0.39 is 5.82 Å². The lowest BCUT2D eigenvalue weighted by Gasteiger charge is -2.27. The van der Waals surface area contributed by atoms with Crippen molar-refractivity contribution in [2.45, 2.75) is 0 Å². The highest BCUT2D eigenvalue weighted by Gasteiger charge is 2.21. The van der Waals surface area contributed by atoms with E-state index in [0.29, 0.717) is 56.4 Å². The largest absolute Gasteiger partial charge is 0.497 e. The van der Waals surface area contributed by atoms with Gasteiger partial charge in [0.15, 0.2) is 18.4 Å². The first-order valence-electron chi connectivity index (χ1n) is 19.6. The smallest absolute Gasteiger partial charge is 0.265 e. The molecular weight excluding hydrogens is 812 g/mol. The average Bonchev–Trinajstić information content (AvgIpc) is 3.33. The summed E-state index contributed by atoms with van der Waals surface area (Å²) in [5.74, 6) is 0.511. The van der Waals surface area contributed by atoms with Gasteiger partial charge in [0.25, 0.3) is 11.1 Å². The summed E-state index contributed by atoms with van der Waals surface area (Å²) in [6.07, 6.45) is 9.30. The van der Waals surface area contributed by atoms with Gasteiger partial charge in [-0.3, -0.25) is 28.7 Å². The molecule has 1 N–H and O–H groups in total. The van der Waals surface area contributed by atoms with Crippen molar-refractivity contribution in [3.05, 3.63) is 155 Å². The first-order chi connectivity index (χ1) is 30.8. The third-order valence-electron chi connectivity index (χ3n) is 10.2. The summed E-state index contributed by atoms with van der Waals surface area (Å²) in [7, 11) is 4.46. The number of rotatable bonds is 17. The fourth-order valence-corrected chi connectivity index (χ4v) is 7.09. The molecule has 63 heavy (non-hydrogen) atoms. The molecule has 0 bridgehead atoms.